The first-order valence-corrected chi connectivity index (χ1v) is 13.0. The van der Waals surface area contributed by atoms with Gasteiger partial charge in [-0.25, -0.2) is 0 Å². The van der Waals surface area contributed by atoms with E-state index in [0.717, 1.165) is 64.6 Å². The highest BCUT2D eigenvalue weighted by molar-refractivity contribution is 5.90. The number of nitrogens with one attached hydrogen (secondary N) is 2. The number of piperidine rings is 1. The third-order valence-electron chi connectivity index (χ3n) is 8.07. The molecule has 1 saturated carbocycles. The Hall–Kier alpha value is -1.14. The topological polar surface area (TPSA) is 70.7 Å². The molecule has 6 heteroatoms. The smallest absolute Gasteiger partial charge is 0.242 e. The molecule has 0 aromatic heterocycles. The molecular formula is C25H45N3O3. The second kappa shape index (κ2) is 12.2. The molecule has 0 unspecified atom stereocenters. The molecular weight excluding hydrogens is 390 g/mol. The summed E-state index contributed by atoms with van der Waals surface area (Å²) in [5.41, 5.74) is -0.346. The van der Waals surface area contributed by atoms with Crippen molar-refractivity contribution in [3.63, 3.8) is 0 Å². The number of amides is 2. The Morgan fingerprint density at radius 1 is 1.00 bits per heavy atom. The zero-order valence-corrected chi connectivity index (χ0v) is 19.9. The second-order valence-corrected chi connectivity index (χ2v) is 10.2. The van der Waals surface area contributed by atoms with E-state index in [-0.39, 0.29) is 23.1 Å². The van der Waals surface area contributed by atoms with Gasteiger partial charge in [0.15, 0.2) is 0 Å². The standard InChI is InChI=1S/C25H45N3O3/c1-3-20(2)22-23(29)26-15-9-19-31-18-8-7-12-25(24(30)27-22)13-16-28(17-14-25)21-10-5-4-6-11-21/h20-22H,3-19H2,1-2H3,(H,26,29)(H,27,30)/t20-,22-/m0/s1. The normalized spacial score (nSPS) is 29.0. The van der Waals surface area contributed by atoms with Crippen molar-refractivity contribution in [3.8, 4) is 0 Å². The molecule has 0 aromatic rings. The second-order valence-electron chi connectivity index (χ2n) is 10.2. The van der Waals surface area contributed by atoms with Crippen molar-refractivity contribution >= 4 is 11.8 Å². The fraction of sp³-hybridized carbons (Fsp3) is 0.920. The maximum atomic E-state index is 13.7. The molecule has 3 fully saturated rings. The van der Waals surface area contributed by atoms with Crippen molar-refractivity contribution in [3.05, 3.63) is 0 Å². The van der Waals surface area contributed by atoms with Crippen molar-refractivity contribution in [2.45, 2.75) is 103 Å². The molecule has 3 rings (SSSR count). The van der Waals surface area contributed by atoms with Crippen LogP contribution in [0.4, 0.5) is 0 Å². The molecule has 31 heavy (non-hydrogen) atoms. The largest absolute Gasteiger partial charge is 0.381 e. The van der Waals surface area contributed by atoms with Gasteiger partial charge in [-0.3, -0.25) is 9.59 Å². The highest BCUT2D eigenvalue weighted by Crippen LogP contribution is 2.39. The van der Waals surface area contributed by atoms with Crippen molar-refractivity contribution in [2.75, 3.05) is 32.8 Å². The van der Waals surface area contributed by atoms with Crippen LogP contribution in [0.2, 0.25) is 0 Å². The molecule has 2 atom stereocenters. The van der Waals surface area contributed by atoms with Crippen LogP contribution in [0.15, 0.2) is 0 Å². The van der Waals surface area contributed by atoms with Gasteiger partial charge in [-0.15, -0.1) is 0 Å². The highest BCUT2D eigenvalue weighted by Gasteiger charge is 2.43. The van der Waals surface area contributed by atoms with Crippen molar-refractivity contribution < 1.29 is 14.3 Å². The van der Waals surface area contributed by atoms with Crippen molar-refractivity contribution in [1.29, 1.82) is 0 Å². The minimum atomic E-state index is -0.449. The summed E-state index contributed by atoms with van der Waals surface area (Å²) in [6.07, 6.45) is 13.1. The quantitative estimate of drug-likeness (QED) is 0.710. The van der Waals surface area contributed by atoms with E-state index in [9.17, 15) is 9.59 Å². The van der Waals surface area contributed by atoms with E-state index in [2.05, 4.69) is 29.4 Å². The molecule has 0 aromatic carbocycles. The first-order chi connectivity index (χ1) is 15.1. The van der Waals surface area contributed by atoms with Gasteiger partial charge >= 0.3 is 0 Å². The van der Waals surface area contributed by atoms with Gasteiger partial charge in [-0.05, 0) is 64.0 Å². The van der Waals surface area contributed by atoms with Crippen LogP contribution in [-0.2, 0) is 14.3 Å². The Morgan fingerprint density at radius 3 is 2.42 bits per heavy atom. The van der Waals surface area contributed by atoms with Gasteiger partial charge in [-0.2, -0.15) is 0 Å². The van der Waals surface area contributed by atoms with Crippen LogP contribution in [0.25, 0.3) is 0 Å². The third-order valence-corrected chi connectivity index (χ3v) is 8.07. The maximum Gasteiger partial charge on any atom is 0.242 e. The van der Waals surface area contributed by atoms with Crippen LogP contribution < -0.4 is 10.6 Å². The maximum absolute atomic E-state index is 13.7. The Morgan fingerprint density at radius 2 is 1.71 bits per heavy atom. The van der Waals surface area contributed by atoms with Crippen LogP contribution in [0, 0.1) is 11.3 Å². The summed E-state index contributed by atoms with van der Waals surface area (Å²) in [4.78, 5) is 29.2. The predicted molar refractivity (Wildman–Crippen MR) is 124 cm³/mol. The van der Waals surface area contributed by atoms with Crippen molar-refractivity contribution in [2.24, 2.45) is 11.3 Å². The van der Waals surface area contributed by atoms with Crippen LogP contribution in [0.1, 0.15) is 90.9 Å². The van der Waals surface area contributed by atoms with Gasteiger partial charge in [0.1, 0.15) is 6.04 Å². The molecule has 1 spiro atoms. The molecule has 3 aliphatic rings. The van der Waals surface area contributed by atoms with E-state index in [1.54, 1.807) is 0 Å². The Kier molecular flexibility index (Phi) is 9.64. The van der Waals surface area contributed by atoms with Crippen LogP contribution in [0.5, 0.6) is 0 Å². The summed E-state index contributed by atoms with van der Waals surface area (Å²) in [5.74, 6) is 0.177. The first-order valence-electron chi connectivity index (χ1n) is 13.0. The molecule has 2 aliphatic heterocycles. The lowest BCUT2D eigenvalue weighted by Crippen LogP contribution is -2.57. The van der Waals surface area contributed by atoms with Crippen molar-refractivity contribution in [1.82, 2.24) is 15.5 Å². The molecule has 6 nitrogen and oxygen atoms in total. The summed E-state index contributed by atoms with van der Waals surface area (Å²) in [7, 11) is 0. The Labute approximate surface area is 189 Å². The lowest BCUT2D eigenvalue weighted by Gasteiger charge is -2.45. The minimum Gasteiger partial charge on any atom is -0.381 e. The average Bonchev–Trinajstić information content (AvgIpc) is 2.81. The molecule has 2 N–H and O–H groups in total. The number of hydrogen-bond acceptors (Lipinski definition) is 4. The fourth-order valence-corrected chi connectivity index (χ4v) is 5.62. The fourth-order valence-electron chi connectivity index (χ4n) is 5.62. The van der Waals surface area contributed by atoms with E-state index in [1.807, 2.05) is 0 Å². The highest BCUT2D eigenvalue weighted by atomic mass is 16.5. The van der Waals surface area contributed by atoms with E-state index in [1.165, 1.54) is 32.1 Å². The van der Waals surface area contributed by atoms with Gasteiger partial charge in [0.05, 0.1) is 5.41 Å². The lowest BCUT2D eigenvalue weighted by molar-refractivity contribution is -0.139. The van der Waals surface area contributed by atoms with Gasteiger partial charge in [-0.1, -0.05) is 46.0 Å². The van der Waals surface area contributed by atoms with Crippen LogP contribution in [0.3, 0.4) is 0 Å². The zero-order valence-electron chi connectivity index (χ0n) is 19.9. The Balaban J connectivity index is 1.71. The van der Waals surface area contributed by atoms with E-state index in [0.29, 0.717) is 19.2 Å². The number of nitrogens with zero attached hydrogens (tertiary/aromatic N) is 1. The molecule has 2 saturated heterocycles. The van der Waals surface area contributed by atoms with Gasteiger partial charge in [0.25, 0.3) is 0 Å². The summed E-state index contributed by atoms with van der Waals surface area (Å²) in [6, 6.07) is 0.259. The summed E-state index contributed by atoms with van der Waals surface area (Å²) in [6.45, 7) is 8.20. The summed E-state index contributed by atoms with van der Waals surface area (Å²) < 4.78 is 5.75. The third kappa shape index (κ3) is 6.67. The summed E-state index contributed by atoms with van der Waals surface area (Å²) >= 11 is 0. The van der Waals surface area contributed by atoms with E-state index < -0.39 is 6.04 Å². The van der Waals surface area contributed by atoms with Crippen LogP contribution in [-0.4, -0.2) is 61.6 Å². The number of carbonyl (C=O) groups is 2. The molecule has 0 radical (unpaired) electrons. The SMILES string of the molecule is CC[C@H](C)[C@@H]1NC(=O)C2(CCCCOCCCNC1=O)CCN(C1CCCCC1)CC2. The van der Waals surface area contributed by atoms with E-state index >= 15 is 0 Å². The minimum absolute atomic E-state index is 0.0467. The number of rotatable bonds is 3. The molecule has 178 valence electrons. The lowest BCUT2D eigenvalue weighted by atomic mass is 9.72. The van der Waals surface area contributed by atoms with Crippen LogP contribution >= 0.6 is 0 Å². The van der Waals surface area contributed by atoms with Gasteiger partial charge in [0, 0.05) is 25.8 Å². The summed E-state index contributed by atoms with van der Waals surface area (Å²) in [5, 5.41) is 6.25. The first kappa shape index (κ1) is 24.5. The number of ether oxygens (including phenoxy) is 1. The molecule has 2 heterocycles. The molecule has 1 aliphatic carbocycles. The zero-order chi connectivity index (χ0) is 22.1. The average molecular weight is 436 g/mol. The predicted octanol–water partition coefficient (Wildman–Crippen LogP) is 3.64. The molecule has 0 bridgehead atoms. The van der Waals surface area contributed by atoms with Gasteiger partial charge < -0.3 is 20.3 Å². The number of likely N-dealkylation sites (tertiary alicyclic amines) is 1. The van der Waals surface area contributed by atoms with E-state index in [4.69, 9.17) is 4.74 Å². The Bertz CT molecular complexity index is 568. The monoisotopic (exact) mass is 435 g/mol. The molecule has 2 amide bonds. The number of hydrogen-bond donors (Lipinski definition) is 2. The van der Waals surface area contributed by atoms with Gasteiger partial charge in [0.2, 0.25) is 11.8 Å². The number of carbonyl (C=O) groups excluding carboxylic acids is 2.